The fourth-order valence-corrected chi connectivity index (χ4v) is 1.09. The lowest BCUT2D eigenvalue weighted by molar-refractivity contribution is -0.109. The van der Waals surface area contributed by atoms with E-state index in [-0.39, 0.29) is 6.04 Å². The Morgan fingerprint density at radius 1 is 1.33 bits per heavy atom. The van der Waals surface area contributed by atoms with Gasteiger partial charge in [-0.15, -0.1) is 0 Å². The Morgan fingerprint density at radius 3 is 2.33 bits per heavy atom. The van der Waals surface area contributed by atoms with Gasteiger partial charge in [0.05, 0.1) is 6.04 Å². The van der Waals surface area contributed by atoms with Crippen LogP contribution < -0.4 is 5.32 Å². The number of benzene rings is 1. The molecule has 1 unspecified atom stereocenters. The Hall–Kier alpha value is -1.15. The number of carbonyl (C=O) groups excluding carboxylic acids is 1. The maximum absolute atomic E-state index is 10.6. The summed E-state index contributed by atoms with van der Waals surface area (Å²) in [6.07, 6.45) is 0.907. The van der Waals surface area contributed by atoms with Gasteiger partial charge < -0.3 is 10.1 Å². The minimum atomic E-state index is -0.175. The monoisotopic (exact) mass is 163 g/mol. The van der Waals surface area contributed by atoms with Gasteiger partial charge in [0.25, 0.3) is 0 Å². The lowest BCUT2D eigenvalue weighted by atomic mass is 10.1. The van der Waals surface area contributed by atoms with Gasteiger partial charge in [-0.05, 0) is 19.5 Å². The van der Waals surface area contributed by atoms with Crippen LogP contribution in [0.1, 0.15) is 17.2 Å². The lowest BCUT2D eigenvalue weighted by Crippen LogP contribution is -2.17. The van der Waals surface area contributed by atoms with E-state index in [1.54, 1.807) is 7.05 Å². The molecule has 1 N–H and O–H groups in total. The molecule has 0 fully saturated rings. The molecule has 0 heterocycles. The van der Waals surface area contributed by atoms with Crippen molar-refractivity contribution in [3.05, 3.63) is 35.4 Å². The smallest absolute Gasteiger partial charge is 0.141 e. The van der Waals surface area contributed by atoms with Crippen LogP contribution in [-0.4, -0.2) is 13.3 Å². The van der Waals surface area contributed by atoms with Crippen molar-refractivity contribution in [3.63, 3.8) is 0 Å². The summed E-state index contributed by atoms with van der Waals surface area (Å²) >= 11 is 0. The van der Waals surface area contributed by atoms with E-state index in [2.05, 4.69) is 5.32 Å². The zero-order chi connectivity index (χ0) is 8.97. The van der Waals surface area contributed by atoms with Crippen LogP contribution in [0.2, 0.25) is 0 Å². The molecule has 0 radical (unpaired) electrons. The highest BCUT2D eigenvalue weighted by Gasteiger charge is 2.05. The highest BCUT2D eigenvalue weighted by atomic mass is 16.1. The normalized spacial score (nSPS) is 12.5. The van der Waals surface area contributed by atoms with E-state index in [1.807, 2.05) is 31.2 Å². The van der Waals surface area contributed by atoms with Gasteiger partial charge in [-0.3, -0.25) is 0 Å². The van der Waals surface area contributed by atoms with Crippen molar-refractivity contribution < 1.29 is 4.79 Å². The minimum Gasteiger partial charge on any atom is -0.307 e. The molecule has 1 aromatic rings. The Kier molecular flexibility index (Phi) is 3.00. The molecule has 0 aliphatic heterocycles. The molecule has 64 valence electrons. The van der Waals surface area contributed by atoms with Crippen LogP contribution in [0.4, 0.5) is 0 Å². The van der Waals surface area contributed by atoms with Crippen LogP contribution in [-0.2, 0) is 4.79 Å². The second-order valence-corrected chi connectivity index (χ2v) is 2.81. The van der Waals surface area contributed by atoms with Gasteiger partial charge in [-0.25, -0.2) is 0 Å². The van der Waals surface area contributed by atoms with Gasteiger partial charge in [-0.2, -0.15) is 0 Å². The van der Waals surface area contributed by atoms with Crippen LogP contribution in [0.3, 0.4) is 0 Å². The summed E-state index contributed by atoms with van der Waals surface area (Å²) in [6.45, 7) is 2.03. The largest absolute Gasteiger partial charge is 0.307 e. The van der Waals surface area contributed by atoms with Gasteiger partial charge in [0.1, 0.15) is 6.29 Å². The highest BCUT2D eigenvalue weighted by molar-refractivity contribution is 5.61. The molecule has 0 saturated heterocycles. The molecule has 2 heteroatoms. The van der Waals surface area contributed by atoms with Gasteiger partial charge in [0.15, 0.2) is 0 Å². The number of aldehydes is 1. The van der Waals surface area contributed by atoms with Gasteiger partial charge >= 0.3 is 0 Å². The average molecular weight is 163 g/mol. The molecule has 0 aromatic heterocycles. The first kappa shape index (κ1) is 8.94. The third-order valence-corrected chi connectivity index (χ3v) is 1.88. The predicted molar refractivity (Wildman–Crippen MR) is 49.0 cm³/mol. The molecule has 1 rings (SSSR count). The minimum absolute atomic E-state index is 0.175. The van der Waals surface area contributed by atoms with Crippen LogP contribution in [0, 0.1) is 6.92 Å². The van der Waals surface area contributed by atoms with E-state index >= 15 is 0 Å². The van der Waals surface area contributed by atoms with Crippen molar-refractivity contribution in [2.45, 2.75) is 13.0 Å². The number of hydrogen-bond donors (Lipinski definition) is 1. The van der Waals surface area contributed by atoms with E-state index < -0.39 is 0 Å². The van der Waals surface area contributed by atoms with E-state index in [0.717, 1.165) is 11.8 Å². The third-order valence-electron chi connectivity index (χ3n) is 1.88. The van der Waals surface area contributed by atoms with Gasteiger partial charge in [0, 0.05) is 0 Å². The van der Waals surface area contributed by atoms with Crippen molar-refractivity contribution in [2.24, 2.45) is 0 Å². The topological polar surface area (TPSA) is 29.1 Å². The zero-order valence-electron chi connectivity index (χ0n) is 7.37. The molecule has 0 spiro atoms. The fourth-order valence-electron chi connectivity index (χ4n) is 1.09. The first-order valence-electron chi connectivity index (χ1n) is 3.97. The van der Waals surface area contributed by atoms with Gasteiger partial charge in [0.2, 0.25) is 0 Å². The molecular weight excluding hydrogens is 150 g/mol. The highest BCUT2D eigenvalue weighted by Crippen LogP contribution is 2.10. The summed E-state index contributed by atoms with van der Waals surface area (Å²) in [5.41, 5.74) is 2.22. The fraction of sp³-hybridized carbons (Fsp3) is 0.300. The third kappa shape index (κ3) is 1.92. The predicted octanol–water partition coefficient (Wildman–Crippen LogP) is 1.45. The summed E-state index contributed by atoms with van der Waals surface area (Å²) in [5, 5.41) is 2.92. The number of rotatable bonds is 3. The van der Waals surface area contributed by atoms with Crippen molar-refractivity contribution in [1.29, 1.82) is 0 Å². The number of hydrogen-bond acceptors (Lipinski definition) is 2. The second-order valence-electron chi connectivity index (χ2n) is 2.81. The van der Waals surface area contributed by atoms with Crippen molar-refractivity contribution in [3.8, 4) is 0 Å². The summed E-state index contributed by atoms with van der Waals surface area (Å²) < 4.78 is 0. The Labute approximate surface area is 72.6 Å². The maximum Gasteiger partial charge on any atom is 0.141 e. The molecule has 0 amide bonds. The lowest BCUT2D eigenvalue weighted by Gasteiger charge is -2.08. The Morgan fingerprint density at radius 2 is 1.92 bits per heavy atom. The maximum atomic E-state index is 10.6. The SMILES string of the molecule is CNC(C=O)c1ccc(C)cc1. The van der Waals surface area contributed by atoms with Crippen molar-refractivity contribution in [2.75, 3.05) is 7.05 Å². The summed E-state index contributed by atoms with van der Waals surface area (Å²) in [7, 11) is 1.78. The second kappa shape index (κ2) is 4.02. The van der Waals surface area contributed by atoms with Crippen molar-refractivity contribution in [1.82, 2.24) is 5.32 Å². The molecule has 0 aliphatic carbocycles. The first-order valence-corrected chi connectivity index (χ1v) is 3.97. The number of nitrogens with one attached hydrogen (secondary N) is 1. The molecule has 0 saturated carbocycles. The summed E-state index contributed by atoms with van der Waals surface area (Å²) in [5.74, 6) is 0. The van der Waals surface area contributed by atoms with Crippen LogP contribution >= 0.6 is 0 Å². The van der Waals surface area contributed by atoms with Crippen LogP contribution in [0.15, 0.2) is 24.3 Å². The molecule has 0 aliphatic rings. The quantitative estimate of drug-likeness (QED) is 0.683. The van der Waals surface area contributed by atoms with E-state index in [9.17, 15) is 4.79 Å². The summed E-state index contributed by atoms with van der Waals surface area (Å²) in [6, 6.07) is 7.76. The average Bonchev–Trinajstić information content (AvgIpc) is 2.10. The zero-order valence-corrected chi connectivity index (χ0v) is 7.37. The number of aryl methyl sites for hydroxylation is 1. The molecule has 12 heavy (non-hydrogen) atoms. The molecule has 0 bridgehead atoms. The van der Waals surface area contributed by atoms with Crippen molar-refractivity contribution >= 4 is 6.29 Å². The van der Waals surface area contributed by atoms with Crippen LogP contribution in [0.5, 0.6) is 0 Å². The number of carbonyl (C=O) groups is 1. The van der Waals surface area contributed by atoms with Crippen LogP contribution in [0.25, 0.3) is 0 Å². The standard InChI is InChI=1S/C10H13NO/c1-8-3-5-9(6-4-8)10(7-12)11-2/h3-7,10-11H,1-2H3. The number of likely N-dealkylation sites (N-methyl/N-ethyl adjacent to an activating group) is 1. The first-order chi connectivity index (χ1) is 5.77. The molecule has 1 aromatic carbocycles. The molecular formula is C10H13NO. The molecule has 2 nitrogen and oxygen atoms in total. The molecule has 1 atom stereocenters. The Balaban J connectivity index is 2.87. The van der Waals surface area contributed by atoms with Gasteiger partial charge in [-0.1, -0.05) is 29.8 Å². The Bertz CT molecular complexity index is 253. The van der Waals surface area contributed by atoms with E-state index in [1.165, 1.54) is 5.56 Å². The van der Waals surface area contributed by atoms with E-state index in [4.69, 9.17) is 0 Å². The summed E-state index contributed by atoms with van der Waals surface area (Å²) in [4.78, 5) is 10.6. The van der Waals surface area contributed by atoms with E-state index in [0.29, 0.717) is 0 Å².